The highest BCUT2D eigenvalue weighted by Crippen LogP contribution is 2.29. The van der Waals surface area contributed by atoms with E-state index < -0.39 is 12.1 Å². The van der Waals surface area contributed by atoms with Gasteiger partial charge in [-0.3, -0.25) is 4.79 Å². The second-order valence-electron chi connectivity index (χ2n) is 4.45. The Labute approximate surface area is 117 Å². The standard InChI is InChI=1S/C12H20N2O4S/c1-4-12(5-2,19-3)7-13-10(15)9-6-8(11(16)17)14-18-9/h9H,4-7H2,1-3H3,(H,13,15)(H,16,17). The maximum absolute atomic E-state index is 11.9. The van der Waals surface area contributed by atoms with Gasteiger partial charge in [-0.2, -0.15) is 11.8 Å². The van der Waals surface area contributed by atoms with E-state index in [1.54, 1.807) is 11.8 Å². The minimum Gasteiger partial charge on any atom is -0.477 e. The maximum atomic E-state index is 11.9. The number of carboxylic acids is 1. The lowest BCUT2D eigenvalue weighted by Crippen LogP contribution is -2.43. The molecule has 6 nitrogen and oxygen atoms in total. The summed E-state index contributed by atoms with van der Waals surface area (Å²) in [7, 11) is 0. The normalized spacial score (nSPS) is 18.7. The lowest BCUT2D eigenvalue weighted by molar-refractivity contribution is -0.131. The molecule has 0 radical (unpaired) electrons. The zero-order chi connectivity index (χ0) is 14.5. The molecule has 0 aromatic carbocycles. The Morgan fingerprint density at radius 1 is 1.53 bits per heavy atom. The van der Waals surface area contributed by atoms with E-state index in [4.69, 9.17) is 9.94 Å². The minimum atomic E-state index is -1.14. The number of oxime groups is 1. The fraction of sp³-hybridized carbons (Fsp3) is 0.750. The first kappa shape index (κ1) is 15.8. The molecule has 0 aromatic rings. The molecule has 1 atom stereocenters. The molecule has 1 aliphatic heterocycles. The molecule has 1 rings (SSSR count). The Morgan fingerprint density at radius 3 is 2.58 bits per heavy atom. The van der Waals surface area contributed by atoms with Gasteiger partial charge in [0, 0.05) is 17.7 Å². The summed E-state index contributed by atoms with van der Waals surface area (Å²) in [5.41, 5.74) is -0.109. The molecule has 1 aliphatic rings. The fourth-order valence-corrected chi connectivity index (χ4v) is 2.66. The average Bonchev–Trinajstić information content (AvgIpc) is 2.90. The largest absolute Gasteiger partial charge is 0.477 e. The highest BCUT2D eigenvalue weighted by Gasteiger charge is 2.33. The van der Waals surface area contributed by atoms with Crippen LogP contribution < -0.4 is 5.32 Å². The van der Waals surface area contributed by atoms with Gasteiger partial charge in [-0.25, -0.2) is 4.79 Å². The maximum Gasteiger partial charge on any atom is 0.353 e. The number of carboxylic acid groups (broad SMARTS) is 1. The van der Waals surface area contributed by atoms with Gasteiger partial charge < -0.3 is 15.3 Å². The van der Waals surface area contributed by atoms with Crippen LogP contribution in [0.3, 0.4) is 0 Å². The predicted octanol–water partition coefficient (Wildman–Crippen LogP) is 1.25. The number of nitrogens with zero attached hydrogens (tertiary/aromatic N) is 1. The molecule has 1 heterocycles. The van der Waals surface area contributed by atoms with Crippen LogP contribution in [0.1, 0.15) is 33.1 Å². The van der Waals surface area contributed by atoms with Gasteiger partial charge in [0.25, 0.3) is 5.91 Å². The zero-order valence-electron chi connectivity index (χ0n) is 11.4. The summed E-state index contributed by atoms with van der Waals surface area (Å²) in [6, 6.07) is 0. The Balaban J connectivity index is 2.47. The third kappa shape index (κ3) is 3.86. The second-order valence-corrected chi connectivity index (χ2v) is 5.73. The van der Waals surface area contributed by atoms with Crippen molar-refractivity contribution >= 4 is 29.4 Å². The summed E-state index contributed by atoms with van der Waals surface area (Å²) in [4.78, 5) is 27.4. The van der Waals surface area contributed by atoms with Gasteiger partial charge in [-0.1, -0.05) is 19.0 Å². The highest BCUT2D eigenvalue weighted by molar-refractivity contribution is 8.00. The number of hydrogen-bond acceptors (Lipinski definition) is 5. The smallest absolute Gasteiger partial charge is 0.353 e. The van der Waals surface area contributed by atoms with Gasteiger partial charge in [-0.05, 0) is 19.1 Å². The van der Waals surface area contributed by atoms with Crippen LogP contribution in [-0.4, -0.2) is 46.3 Å². The highest BCUT2D eigenvalue weighted by atomic mass is 32.2. The van der Waals surface area contributed by atoms with E-state index in [1.165, 1.54) is 0 Å². The van der Waals surface area contributed by atoms with Gasteiger partial charge in [0.2, 0.25) is 6.10 Å². The van der Waals surface area contributed by atoms with Crippen LogP contribution in [0.4, 0.5) is 0 Å². The molecule has 108 valence electrons. The van der Waals surface area contributed by atoms with Gasteiger partial charge in [0.15, 0.2) is 5.71 Å². The molecule has 19 heavy (non-hydrogen) atoms. The molecule has 0 bridgehead atoms. The van der Waals surface area contributed by atoms with Crippen molar-refractivity contribution in [1.29, 1.82) is 0 Å². The lowest BCUT2D eigenvalue weighted by atomic mass is 10.0. The number of nitrogens with one attached hydrogen (secondary N) is 1. The van der Waals surface area contributed by atoms with Crippen LogP contribution in [0.25, 0.3) is 0 Å². The van der Waals surface area contributed by atoms with Gasteiger partial charge in [-0.15, -0.1) is 0 Å². The van der Waals surface area contributed by atoms with Crippen molar-refractivity contribution in [2.24, 2.45) is 5.16 Å². The van der Waals surface area contributed by atoms with E-state index in [2.05, 4.69) is 24.3 Å². The predicted molar refractivity (Wildman–Crippen MR) is 74.4 cm³/mol. The number of thioether (sulfide) groups is 1. The van der Waals surface area contributed by atoms with E-state index in [0.717, 1.165) is 12.8 Å². The first-order chi connectivity index (χ1) is 8.98. The quantitative estimate of drug-likeness (QED) is 0.736. The lowest BCUT2D eigenvalue weighted by Gasteiger charge is -2.30. The van der Waals surface area contributed by atoms with Crippen molar-refractivity contribution in [1.82, 2.24) is 5.32 Å². The molecule has 0 aromatic heterocycles. The average molecular weight is 288 g/mol. The number of rotatable bonds is 7. The van der Waals surface area contributed by atoms with Gasteiger partial charge in [0.05, 0.1) is 0 Å². The van der Waals surface area contributed by atoms with Crippen molar-refractivity contribution in [3.05, 3.63) is 0 Å². The van der Waals surface area contributed by atoms with Crippen molar-refractivity contribution in [2.45, 2.75) is 44.0 Å². The summed E-state index contributed by atoms with van der Waals surface area (Å²) in [5, 5.41) is 15.0. The Hall–Kier alpha value is -1.24. The van der Waals surface area contributed by atoms with E-state index >= 15 is 0 Å². The van der Waals surface area contributed by atoms with Crippen LogP contribution in [0.5, 0.6) is 0 Å². The first-order valence-electron chi connectivity index (χ1n) is 6.27. The van der Waals surface area contributed by atoms with E-state index in [-0.39, 0.29) is 22.8 Å². The topological polar surface area (TPSA) is 88.0 Å². The fourth-order valence-electron chi connectivity index (χ4n) is 1.87. The Bertz CT molecular complexity index is 372. The SMILES string of the molecule is CCC(CC)(CNC(=O)C1CC(C(=O)O)=NO1)SC. The molecule has 1 amide bonds. The number of hydrogen-bond donors (Lipinski definition) is 2. The second kappa shape index (κ2) is 6.79. The molecule has 0 saturated carbocycles. The first-order valence-corrected chi connectivity index (χ1v) is 7.49. The van der Waals surface area contributed by atoms with Crippen LogP contribution in [0.15, 0.2) is 5.16 Å². The number of aliphatic carboxylic acids is 1. The summed E-state index contributed by atoms with van der Waals surface area (Å²) in [6.07, 6.45) is 3.13. The van der Waals surface area contributed by atoms with E-state index in [1.807, 2.05) is 6.26 Å². The number of carbonyl (C=O) groups is 2. The molecule has 2 N–H and O–H groups in total. The molecular formula is C12H20N2O4S. The minimum absolute atomic E-state index is 0.0186. The number of amides is 1. The van der Waals surface area contributed by atoms with Crippen molar-refractivity contribution < 1.29 is 19.5 Å². The van der Waals surface area contributed by atoms with Gasteiger partial charge in [0.1, 0.15) is 0 Å². The van der Waals surface area contributed by atoms with E-state index in [9.17, 15) is 9.59 Å². The summed E-state index contributed by atoms with van der Waals surface area (Å²) < 4.78 is 0.0186. The van der Waals surface area contributed by atoms with Crippen molar-refractivity contribution in [2.75, 3.05) is 12.8 Å². The number of carbonyl (C=O) groups excluding carboxylic acids is 1. The summed E-state index contributed by atoms with van der Waals surface area (Å²) in [6.45, 7) is 4.72. The molecule has 0 saturated heterocycles. The van der Waals surface area contributed by atoms with Crippen LogP contribution in [-0.2, 0) is 14.4 Å². The van der Waals surface area contributed by atoms with Crippen LogP contribution in [0.2, 0.25) is 0 Å². The van der Waals surface area contributed by atoms with Crippen molar-refractivity contribution in [3.8, 4) is 0 Å². The monoisotopic (exact) mass is 288 g/mol. The molecular weight excluding hydrogens is 268 g/mol. The third-order valence-electron chi connectivity index (χ3n) is 3.51. The van der Waals surface area contributed by atoms with Crippen molar-refractivity contribution in [3.63, 3.8) is 0 Å². The van der Waals surface area contributed by atoms with Gasteiger partial charge >= 0.3 is 5.97 Å². The van der Waals surface area contributed by atoms with Crippen LogP contribution >= 0.6 is 11.8 Å². The Kier molecular flexibility index (Phi) is 5.65. The zero-order valence-corrected chi connectivity index (χ0v) is 12.2. The third-order valence-corrected chi connectivity index (χ3v) is 5.10. The summed E-state index contributed by atoms with van der Waals surface area (Å²) >= 11 is 1.73. The van der Waals surface area contributed by atoms with Crippen LogP contribution in [0, 0.1) is 0 Å². The molecule has 0 aliphatic carbocycles. The van der Waals surface area contributed by atoms with E-state index in [0.29, 0.717) is 6.54 Å². The Morgan fingerprint density at radius 2 is 2.16 bits per heavy atom. The molecule has 0 fully saturated rings. The molecule has 1 unspecified atom stereocenters. The molecule has 0 spiro atoms. The summed E-state index contributed by atoms with van der Waals surface area (Å²) in [5.74, 6) is -1.45. The molecule has 7 heteroatoms.